The van der Waals surface area contributed by atoms with Crippen LogP contribution in [0.5, 0.6) is 0 Å². The maximum absolute atomic E-state index is 9.17. The molecule has 180 valence electrons. The summed E-state index contributed by atoms with van der Waals surface area (Å²) in [7, 11) is 0. The summed E-state index contributed by atoms with van der Waals surface area (Å²) in [5, 5.41) is 13.9. The van der Waals surface area contributed by atoms with Crippen molar-refractivity contribution < 1.29 is 0 Å². The van der Waals surface area contributed by atoms with Crippen LogP contribution >= 0.6 is 0 Å². The van der Waals surface area contributed by atoms with Crippen LogP contribution in [-0.4, -0.2) is 0 Å². The third-order valence-corrected chi connectivity index (χ3v) is 7.20. The Bertz CT molecular complexity index is 1890. The van der Waals surface area contributed by atoms with E-state index in [-0.39, 0.29) is 0 Å². The molecule has 6 aromatic carbocycles. The SMILES string of the molecule is C/C=C\c1cccc(-c2ccc3cc(-c4ccc(-c5ccc(C#N)cc5)c5ccccc45)ccc3c2)c1N. The van der Waals surface area contributed by atoms with E-state index in [9.17, 15) is 0 Å². The maximum Gasteiger partial charge on any atom is 0.0991 e. The fourth-order valence-electron chi connectivity index (χ4n) is 5.27. The van der Waals surface area contributed by atoms with Crippen LogP contribution in [0.25, 0.3) is 61.0 Å². The summed E-state index contributed by atoms with van der Waals surface area (Å²) in [6, 6.07) is 42.3. The summed E-state index contributed by atoms with van der Waals surface area (Å²) in [5.74, 6) is 0. The van der Waals surface area contributed by atoms with Crippen molar-refractivity contribution in [3.63, 3.8) is 0 Å². The first-order valence-corrected chi connectivity index (χ1v) is 12.7. The second-order valence-electron chi connectivity index (χ2n) is 9.48. The monoisotopic (exact) mass is 486 g/mol. The highest BCUT2D eigenvalue weighted by Gasteiger charge is 2.11. The molecule has 0 aliphatic carbocycles. The van der Waals surface area contributed by atoms with Crippen molar-refractivity contribution in [1.29, 1.82) is 5.26 Å². The Morgan fingerprint density at radius 1 is 0.605 bits per heavy atom. The summed E-state index contributed by atoms with van der Waals surface area (Å²) in [6.07, 6.45) is 4.06. The third-order valence-electron chi connectivity index (χ3n) is 7.20. The molecular weight excluding hydrogens is 460 g/mol. The predicted molar refractivity (Wildman–Crippen MR) is 162 cm³/mol. The molecule has 2 nitrogen and oxygen atoms in total. The average Bonchev–Trinajstić information content (AvgIpc) is 2.97. The molecule has 0 bridgehead atoms. The Morgan fingerprint density at radius 2 is 1.18 bits per heavy atom. The van der Waals surface area contributed by atoms with Gasteiger partial charge in [-0.1, -0.05) is 103 Å². The molecule has 2 N–H and O–H groups in total. The fraction of sp³-hybridized carbons (Fsp3) is 0.0278. The van der Waals surface area contributed by atoms with Crippen LogP contribution in [0.1, 0.15) is 18.1 Å². The molecule has 0 heterocycles. The number of nitrogen functional groups attached to an aromatic ring is 1. The van der Waals surface area contributed by atoms with E-state index in [1.807, 2.05) is 49.4 Å². The molecule has 0 aliphatic heterocycles. The summed E-state index contributed by atoms with van der Waals surface area (Å²) < 4.78 is 0. The summed E-state index contributed by atoms with van der Waals surface area (Å²) >= 11 is 0. The number of para-hydroxylation sites is 1. The molecule has 0 aliphatic rings. The van der Waals surface area contributed by atoms with Crippen LogP contribution < -0.4 is 5.73 Å². The van der Waals surface area contributed by atoms with Crippen molar-refractivity contribution in [1.82, 2.24) is 0 Å². The Balaban J connectivity index is 1.43. The minimum atomic E-state index is 0.669. The van der Waals surface area contributed by atoms with E-state index < -0.39 is 0 Å². The number of fused-ring (bicyclic) bond motifs is 2. The molecule has 0 aromatic heterocycles. The second-order valence-corrected chi connectivity index (χ2v) is 9.48. The lowest BCUT2D eigenvalue weighted by molar-refractivity contribution is 1.48. The van der Waals surface area contributed by atoms with Crippen LogP contribution in [0, 0.1) is 11.3 Å². The Morgan fingerprint density at radius 3 is 1.79 bits per heavy atom. The molecular formula is C36H26N2. The molecule has 0 atom stereocenters. The van der Waals surface area contributed by atoms with Gasteiger partial charge < -0.3 is 5.73 Å². The van der Waals surface area contributed by atoms with E-state index >= 15 is 0 Å². The van der Waals surface area contributed by atoms with Gasteiger partial charge in [0, 0.05) is 11.3 Å². The molecule has 0 fully saturated rings. The van der Waals surface area contributed by atoms with Crippen LogP contribution in [0.4, 0.5) is 5.69 Å². The molecule has 0 saturated carbocycles. The fourth-order valence-corrected chi connectivity index (χ4v) is 5.27. The first kappa shape index (κ1) is 23.3. The van der Waals surface area contributed by atoms with E-state index in [4.69, 9.17) is 11.0 Å². The highest BCUT2D eigenvalue weighted by Crippen LogP contribution is 2.38. The van der Waals surface area contributed by atoms with Gasteiger partial charge in [0.15, 0.2) is 0 Å². The van der Waals surface area contributed by atoms with Gasteiger partial charge in [-0.2, -0.15) is 5.26 Å². The van der Waals surface area contributed by atoms with E-state index in [2.05, 4.69) is 91.0 Å². The maximum atomic E-state index is 9.17. The van der Waals surface area contributed by atoms with Crippen molar-refractivity contribution >= 4 is 33.3 Å². The molecule has 6 rings (SSSR count). The third kappa shape index (κ3) is 4.11. The highest BCUT2D eigenvalue weighted by molar-refractivity contribution is 6.06. The van der Waals surface area contributed by atoms with Crippen LogP contribution in [-0.2, 0) is 0 Å². The smallest absolute Gasteiger partial charge is 0.0991 e. The average molecular weight is 487 g/mol. The van der Waals surface area contributed by atoms with Gasteiger partial charge in [0.1, 0.15) is 0 Å². The normalized spacial score (nSPS) is 11.3. The standard InChI is InChI=1S/C36H26N2/c1-2-6-26-7-5-10-33(36(26)38)30-18-16-27-21-29(17-15-28(27)22-30)32-20-19-31(34-8-3-4-9-35(32)34)25-13-11-24(23-37)12-14-25/h2-22H,38H2,1H3/b6-2-. The van der Waals surface area contributed by atoms with Gasteiger partial charge in [-0.15, -0.1) is 0 Å². The number of hydrogen-bond donors (Lipinski definition) is 1. The quantitative estimate of drug-likeness (QED) is 0.252. The molecule has 2 heteroatoms. The summed E-state index contributed by atoms with van der Waals surface area (Å²) in [6.45, 7) is 2.00. The van der Waals surface area contributed by atoms with Crippen molar-refractivity contribution in [2.75, 3.05) is 5.73 Å². The van der Waals surface area contributed by atoms with Crippen molar-refractivity contribution in [3.05, 3.63) is 132 Å². The molecule has 38 heavy (non-hydrogen) atoms. The lowest BCUT2D eigenvalue weighted by atomic mass is 9.90. The van der Waals surface area contributed by atoms with Gasteiger partial charge in [-0.25, -0.2) is 0 Å². The number of benzene rings is 6. The number of allylic oxidation sites excluding steroid dienone is 1. The number of anilines is 1. The second kappa shape index (κ2) is 9.73. The van der Waals surface area contributed by atoms with Crippen molar-refractivity contribution in [2.24, 2.45) is 0 Å². The van der Waals surface area contributed by atoms with E-state index in [1.54, 1.807) is 0 Å². The van der Waals surface area contributed by atoms with Gasteiger partial charge >= 0.3 is 0 Å². The lowest BCUT2D eigenvalue weighted by Gasteiger charge is -2.14. The number of nitriles is 1. The van der Waals surface area contributed by atoms with Gasteiger partial charge in [-0.3, -0.25) is 0 Å². The van der Waals surface area contributed by atoms with Crippen LogP contribution in [0.2, 0.25) is 0 Å². The lowest BCUT2D eigenvalue weighted by Crippen LogP contribution is -1.93. The number of nitrogens with zero attached hydrogens (tertiary/aromatic N) is 1. The predicted octanol–water partition coefficient (Wildman–Crippen LogP) is 9.48. The largest absolute Gasteiger partial charge is 0.398 e. The number of nitrogens with two attached hydrogens (primary N) is 1. The van der Waals surface area contributed by atoms with Gasteiger partial charge in [0.25, 0.3) is 0 Å². The molecule has 6 aromatic rings. The molecule has 0 spiro atoms. The Hall–Kier alpha value is -5.13. The highest BCUT2D eigenvalue weighted by atomic mass is 14.6. The minimum Gasteiger partial charge on any atom is -0.398 e. The van der Waals surface area contributed by atoms with Gasteiger partial charge in [0.2, 0.25) is 0 Å². The van der Waals surface area contributed by atoms with Crippen LogP contribution in [0.3, 0.4) is 0 Å². The zero-order chi connectivity index (χ0) is 26.1. The number of rotatable bonds is 4. The Kier molecular flexibility index (Phi) is 5.96. The first-order chi connectivity index (χ1) is 18.7. The zero-order valence-electron chi connectivity index (χ0n) is 21.1. The molecule has 0 saturated heterocycles. The summed E-state index contributed by atoms with van der Waals surface area (Å²) in [5.41, 5.74) is 15.8. The molecule has 0 unspecified atom stereocenters. The van der Waals surface area contributed by atoms with Gasteiger partial charge in [0.05, 0.1) is 11.6 Å². The van der Waals surface area contributed by atoms with E-state index in [0.717, 1.165) is 33.5 Å². The van der Waals surface area contributed by atoms with E-state index in [1.165, 1.54) is 32.7 Å². The summed E-state index contributed by atoms with van der Waals surface area (Å²) in [4.78, 5) is 0. The zero-order valence-corrected chi connectivity index (χ0v) is 21.1. The topological polar surface area (TPSA) is 49.8 Å². The molecule has 0 amide bonds. The first-order valence-electron chi connectivity index (χ1n) is 12.7. The number of hydrogen-bond acceptors (Lipinski definition) is 2. The van der Waals surface area contributed by atoms with E-state index in [0.29, 0.717) is 5.56 Å². The van der Waals surface area contributed by atoms with Crippen molar-refractivity contribution in [2.45, 2.75) is 6.92 Å². The Labute approximate surface area is 222 Å². The van der Waals surface area contributed by atoms with Crippen molar-refractivity contribution in [3.8, 4) is 39.4 Å². The van der Waals surface area contributed by atoms with Gasteiger partial charge in [-0.05, 0) is 86.1 Å². The molecule has 0 radical (unpaired) electrons. The minimum absolute atomic E-state index is 0.669. The van der Waals surface area contributed by atoms with Crippen LogP contribution in [0.15, 0.2) is 121 Å².